The number of hydrogen-bond acceptors (Lipinski definition) is 2. The Kier molecular flexibility index (Phi) is 5.28. The first-order chi connectivity index (χ1) is 8.17. The van der Waals surface area contributed by atoms with Crippen molar-refractivity contribution in [2.45, 2.75) is 12.3 Å². The van der Waals surface area contributed by atoms with E-state index in [2.05, 4.69) is 0 Å². The standard InChI is InChI=1S/C12H14F3NO.ClH/c13-1-2-17-12-5-11(15)10(14)4-9(12)8-3-7(8)6-16;/h4-5,7-8H,1-3,6,16H2;1H. The summed E-state index contributed by atoms with van der Waals surface area (Å²) in [6.07, 6.45) is 0.841. The minimum Gasteiger partial charge on any atom is -0.490 e. The highest BCUT2D eigenvalue weighted by molar-refractivity contribution is 5.85. The third-order valence-corrected chi connectivity index (χ3v) is 3.01. The van der Waals surface area contributed by atoms with E-state index in [0.717, 1.165) is 18.6 Å². The van der Waals surface area contributed by atoms with E-state index in [1.54, 1.807) is 0 Å². The molecule has 1 aromatic carbocycles. The lowest BCUT2D eigenvalue weighted by Gasteiger charge is -2.11. The van der Waals surface area contributed by atoms with E-state index in [9.17, 15) is 13.2 Å². The average molecular weight is 282 g/mol. The molecule has 2 N–H and O–H groups in total. The maximum absolute atomic E-state index is 13.2. The quantitative estimate of drug-likeness (QED) is 0.901. The highest BCUT2D eigenvalue weighted by atomic mass is 35.5. The summed E-state index contributed by atoms with van der Waals surface area (Å²) in [4.78, 5) is 0. The minimum atomic E-state index is -0.979. The molecule has 102 valence electrons. The molecule has 1 aliphatic rings. The summed E-state index contributed by atoms with van der Waals surface area (Å²) in [5.74, 6) is -1.28. The maximum Gasteiger partial charge on any atom is 0.162 e. The summed E-state index contributed by atoms with van der Waals surface area (Å²) in [6.45, 7) is -0.312. The molecule has 0 radical (unpaired) electrons. The molecule has 0 aromatic heterocycles. The van der Waals surface area contributed by atoms with Crippen molar-refractivity contribution in [3.63, 3.8) is 0 Å². The van der Waals surface area contributed by atoms with Crippen molar-refractivity contribution in [2.24, 2.45) is 11.7 Å². The van der Waals surface area contributed by atoms with Crippen LogP contribution in [0.25, 0.3) is 0 Å². The Morgan fingerprint density at radius 1 is 1.28 bits per heavy atom. The van der Waals surface area contributed by atoms with Crippen LogP contribution in [0, 0.1) is 17.6 Å². The van der Waals surface area contributed by atoms with Crippen LogP contribution in [-0.4, -0.2) is 19.8 Å². The fraction of sp³-hybridized carbons (Fsp3) is 0.500. The van der Waals surface area contributed by atoms with Gasteiger partial charge in [0.25, 0.3) is 0 Å². The topological polar surface area (TPSA) is 35.2 Å². The number of nitrogens with two attached hydrogens (primary N) is 1. The molecule has 1 aliphatic carbocycles. The molecule has 0 aliphatic heterocycles. The van der Waals surface area contributed by atoms with Gasteiger partial charge in [0.2, 0.25) is 0 Å². The van der Waals surface area contributed by atoms with Crippen molar-refractivity contribution in [3.05, 3.63) is 29.3 Å². The van der Waals surface area contributed by atoms with Crippen molar-refractivity contribution < 1.29 is 17.9 Å². The summed E-state index contributed by atoms with van der Waals surface area (Å²) in [6, 6.07) is 2.11. The predicted molar refractivity (Wildman–Crippen MR) is 65.0 cm³/mol. The van der Waals surface area contributed by atoms with Gasteiger partial charge in [0, 0.05) is 11.6 Å². The van der Waals surface area contributed by atoms with Gasteiger partial charge in [0.1, 0.15) is 19.0 Å². The molecular formula is C12H15ClF3NO. The van der Waals surface area contributed by atoms with E-state index in [1.807, 2.05) is 0 Å². The Balaban J connectivity index is 0.00000162. The van der Waals surface area contributed by atoms with Gasteiger partial charge in [0.05, 0.1) is 0 Å². The third-order valence-electron chi connectivity index (χ3n) is 3.01. The summed E-state index contributed by atoms with van der Waals surface area (Å²) >= 11 is 0. The smallest absolute Gasteiger partial charge is 0.162 e. The van der Waals surface area contributed by atoms with E-state index in [0.29, 0.717) is 12.1 Å². The summed E-state index contributed by atoms with van der Waals surface area (Å²) < 4.78 is 43.4. The molecule has 1 aromatic rings. The molecule has 0 amide bonds. The molecule has 2 unspecified atom stereocenters. The van der Waals surface area contributed by atoms with Gasteiger partial charge in [-0.3, -0.25) is 0 Å². The third kappa shape index (κ3) is 3.09. The first-order valence-corrected chi connectivity index (χ1v) is 5.55. The molecule has 0 saturated heterocycles. The first kappa shape index (κ1) is 15.1. The van der Waals surface area contributed by atoms with E-state index >= 15 is 0 Å². The highest BCUT2D eigenvalue weighted by Crippen LogP contribution is 2.50. The monoisotopic (exact) mass is 281 g/mol. The van der Waals surface area contributed by atoms with Crippen molar-refractivity contribution in [1.82, 2.24) is 0 Å². The molecule has 2 nitrogen and oxygen atoms in total. The number of ether oxygens (including phenoxy) is 1. The largest absolute Gasteiger partial charge is 0.490 e. The molecule has 0 bridgehead atoms. The summed E-state index contributed by atoms with van der Waals surface area (Å²) in [5, 5.41) is 0. The minimum absolute atomic E-state index is 0. The molecule has 2 rings (SSSR count). The highest BCUT2D eigenvalue weighted by Gasteiger charge is 2.39. The molecule has 1 saturated carbocycles. The maximum atomic E-state index is 13.2. The van der Waals surface area contributed by atoms with Gasteiger partial charge in [-0.25, -0.2) is 13.2 Å². The second-order valence-corrected chi connectivity index (χ2v) is 4.18. The van der Waals surface area contributed by atoms with Gasteiger partial charge in [-0.15, -0.1) is 12.4 Å². The summed E-state index contributed by atoms with van der Waals surface area (Å²) in [7, 11) is 0. The van der Waals surface area contributed by atoms with Crippen molar-refractivity contribution in [1.29, 1.82) is 0 Å². The van der Waals surface area contributed by atoms with E-state index in [-0.39, 0.29) is 36.6 Å². The molecule has 2 atom stereocenters. The van der Waals surface area contributed by atoms with E-state index in [1.165, 1.54) is 0 Å². The second kappa shape index (κ2) is 6.29. The van der Waals surface area contributed by atoms with Crippen molar-refractivity contribution in [2.75, 3.05) is 19.8 Å². The van der Waals surface area contributed by atoms with Gasteiger partial charge in [-0.1, -0.05) is 0 Å². The Hall–Kier alpha value is -0.940. The zero-order valence-electron chi connectivity index (χ0n) is 9.67. The lowest BCUT2D eigenvalue weighted by molar-refractivity contribution is 0.269. The number of alkyl halides is 1. The molecule has 0 spiro atoms. The number of hydrogen-bond donors (Lipinski definition) is 1. The lowest BCUT2D eigenvalue weighted by Crippen LogP contribution is -2.05. The van der Waals surface area contributed by atoms with Gasteiger partial charge < -0.3 is 10.5 Å². The fourth-order valence-corrected chi connectivity index (χ4v) is 2.00. The van der Waals surface area contributed by atoms with E-state index in [4.69, 9.17) is 10.5 Å². The normalized spacial score (nSPS) is 21.3. The van der Waals surface area contributed by atoms with Crippen LogP contribution in [0.1, 0.15) is 17.9 Å². The molecule has 6 heteroatoms. The molecule has 1 fully saturated rings. The van der Waals surface area contributed by atoms with E-state index < -0.39 is 18.3 Å². The van der Waals surface area contributed by atoms with Gasteiger partial charge in [0.15, 0.2) is 11.6 Å². The Bertz CT molecular complexity index is 417. The number of halogens is 4. The summed E-state index contributed by atoms with van der Waals surface area (Å²) in [5.41, 5.74) is 6.10. The SMILES string of the molecule is Cl.NCC1CC1c1cc(F)c(F)cc1OCCF. The molecule has 18 heavy (non-hydrogen) atoms. The lowest BCUT2D eigenvalue weighted by atomic mass is 10.1. The Labute approximate surface area is 110 Å². The van der Waals surface area contributed by atoms with Crippen LogP contribution in [0.5, 0.6) is 5.75 Å². The van der Waals surface area contributed by atoms with Crippen LogP contribution in [0.3, 0.4) is 0 Å². The van der Waals surface area contributed by atoms with Crippen LogP contribution in [-0.2, 0) is 0 Å². The van der Waals surface area contributed by atoms with Gasteiger partial charge >= 0.3 is 0 Å². The fourth-order valence-electron chi connectivity index (χ4n) is 2.00. The predicted octanol–water partition coefficient (Wildman–Crippen LogP) is 2.80. The van der Waals surface area contributed by atoms with Crippen LogP contribution in [0.4, 0.5) is 13.2 Å². The first-order valence-electron chi connectivity index (χ1n) is 5.55. The van der Waals surface area contributed by atoms with Crippen molar-refractivity contribution in [3.8, 4) is 5.75 Å². The van der Waals surface area contributed by atoms with Crippen molar-refractivity contribution >= 4 is 12.4 Å². The zero-order chi connectivity index (χ0) is 12.4. The van der Waals surface area contributed by atoms with Gasteiger partial charge in [-0.2, -0.15) is 0 Å². The van der Waals surface area contributed by atoms with Crippen LogP contribution < -0.4 is 10.5 Å². The Morgan fingerprint density at radius 2 is 1.94 bits per heavy atom. The van der Waals surface area contributed by atoms with Crippen LogP contribution >= 0.6 is 12.4 Å². The van der Waals surface area contributed by atoms with Crippen LogP contribution in [0.2, 0.25) is 0 Å². The van der Waals surface area contributed by atoms with Crippen LogP contribution in [0.15, 0.2) is 12.1 Å². The zero-order valence-corrected chi connectivity index (χ0v) is 10.5. The number of benzene rings is 1. The van der Waals surface area contributed by atoms with Gasteiger partial charge in [-0.05, 0) is 30.9 Å². The molecule has 0 heterocycles. The average Bonchev–Trinajstić information content (AvgIpc) is 3.09. The second-order valence-electron chi connectivity index (χ2n) is 4.18. The Morgan fingerprint density at radius 3 is 2.50 bits per heavy atom. The number of rotatable bonds is 5. The molecular weight excluding hydrogens is 267 g/mol.